The van der Waals surface area contributed by atoms with Gasteiger partial charge in [-0.1, -0.05) is 11.6 Å². The van der Waals surface area contributed by atoms with Crippen LogP contribution in [0.25, 0.3) is 10.1 Å². The summed E-state index contributed by atoms with van der Waals surface area (Å²) in [5, 5.41) is 10.2. The van der Waals surface area contributed by atoms with Crippen molar-refractivity contribution in [1.29, 1.82) is 0 Å². The van der Waals surface area contributed by atoms with Gasteiger partial charge in [0.05, 0.1) is 5.56 Å². The maximum Gasteiger partial charge on any atom is 0.335 e. The Balaban J connectivity index is 1.98. The van der Waals surface area contributed by atoms with Gasteiger partial charge in [0.1, 0.15) is 4.21 Å². The van der Waals surface area contributed by atoms with Crippen LogP contribution in [0.4, 0.5) is 5.69 Å². The molecular weight excluding hydrogens is 370 g/mol. The average molecular weight is 382 g/mol. The van der Waals surface area contributed by atoms with Gasteiger partial charge < -0.3 is 5.11 Å². The van der Waals surface area contributed by atoms with Gasteiger partial charge in [-0.25, -0.2) is 13.2 Å². The summed E-state index contributed by atoms with van der Waals surface area (Å²) in [6.45, 7) is 1.73. The molecule has 0 aliphatic heterocycles. The van der Waals surface area contributed by atoms with E-state index in [4.69, 9.17) is 16.7 Å². The van der Waals surface area contributed by atoms with E-state index < -0.39 is 16.0 Å². The molecule has 0 fully saturated rings. The van der Waals surface area contributed by atoms with Gasteiger partial charge in [0, 0.05) is 15.4 Å². The number of thiophene rings is 1. The van der Waals surface area contributed by atoms with Gasteiger partial charge in [-0.05, 0) is 60.3 Å². The van der Waals surface area contributed by atoms with Gasteiger partial charge in [0.2, 0.25) is 0 Å². The number of nitrogens with one attached hydrogen (secondary N) is 1. The van der Waals surface area contributed by atoms with Crippen LogP contribution in [0.5, 0.6) is 0 Å². The number of aryl methyl sites for hydroxylation is 1. The van der Waals surface area contributed by atoms with E-state index in [9.17, 15) is 13.2 Å². The highest BCUT2D eigenvalue weighted by Gasteiger charge is 2.22. The van der Waals surface area contributed by atoms with Crippen molar-refractivity contribution in [3.63, 3.8) is 0 Å². The molecule has 8 heteroatoms. The highest BCUT2D eigenvalue weighted by molar-refractivity contribution is 7.94. The van der Waals surface area contributed by atoms with Crippen molar-refractivity contribution in [3.05, 3.63) is 58.6 Å². The van der Waals surface area contributed by atoms with Gasteiger partial charge in [0.15, 0.2) is 0 Å². The highest BCUT2D eigenvalue weighted by atomic mass is 35.5. The average Bonchev–Trinajstić information content (AvgIpc) is 2.85. The lowest BCUT2D eigenvalue weighted by atomic mass is 10.2. The number of carbonyl (C=O) groups is 1. The fraction of sp³-hybridized carbons (Fsp3) is 0.0625. The molecule has 24 heavy (non-hydrogen) atoms. The van der Waals surface area contributed by atoms with Crippen LogP contribution in [-0.4, -0.2) is 19.5 Å². The van der Waals surface area contributed by atoms with Crippen LogP contribution in [-0.2, 0) is 10.0 Å². The van der Waals surface area contributed by atoms with Gasteiger partial charge in [0.25, 0.3) is 10.0 Å². The number of rotatable bonds is 4. The minimum absolute atomic E-state index is 0.0885. The van der Waals surface area contributed by atoms with E-state index in [0.717, 1.165) is 21.4 Å². The van der Waals surface area contributed by atoms with E-state index >= 15 is 0 Å². The number of hydrogen-bond donors (Lipinski definition) is 2. The zero-order valence-corrected chi connectivity index (χ0v) is 14.8. The summed E-state index contributed by atoms with van der Waals surface area (Å²) in [5.41, 5.74) is 1.02. The van der Waals surface area contributed by atoms with E-state index in [2.05, 4.69) is 4.72 Å². The lowest BCUT2D eigenvalue weighted by Crippen LogP contribution is -2.12. The first-order valence-corrected chi connectivity index (χ1v) is 9.50. The van der Waals surface area contributed by atoms with E-state index in [1.807, 2.05) is 0 Å². The molecule has 0 bridgehead atoms. The van der Waals surface area contributed by atoms with Crippen LogP contribution in [0.3, 0.4) is 0 Å². The number of aromatic carboxylic acids is 1. The first-order valence-electron chi connectivity index (χ1n) is 6.83. The van der Waals surface area contributed by atoms with Gasteiger partial charge >= 0.3 is 5.97 Å². The zero-order chi connectivity index (χ0) is 17.5. The molecule has 0 aliphatic carbocycles. The molecule has 2 N–H and O–H groups in total. The summed E-state index contributed by atoms with van der Waals surface area (Å²) in [5.74, 6) is -1.07. The van der Waals surface area contributed by atoms with E-state index in [0.29, 0.717) is 16.3 Å². The topological polar surface area (TPSA) is 83.5 Å². The lowest BCUT2D eigenvalue weighted by Gasteiger charge is -2.07. The lowest BCUT2D eigenvalue weighted by molar-refractivity contribution is 0.0697. The smallest absolute Gasteiger partial charge is 0.335 e. The Bertz CT molecular complexity index is 1040. The first-order chi connectivity index (χ1) is 11.3. The Morgan fingerprint density at radius 2 is 1.83 bits per heavy atom. The van der Waals surface area contributed by atoms with Crippen LogP contribution in [0, 0.1) is 6.92 Å². The number of carboxylic acid groups (broad SMARTS) is 1. The monoisotopic (exact) mass is 381 g/mol. The Morgan fingerprint density at radius 1 is 1.17 bits per heavy atom. The van der Waals surface area contributed by atoms with Crippen molar-refractivity contribution in [2.45, 2.75) is 11.1 Å². The second-order valence-electron chi connectivity index (χ2n) is 5.14. The number of halogens is 1. The third kappa shape index (κ3) is 3.10. The van der Waals surface area contributed by atoms with Crippen molar-refractivity contribution < 1.29 is 18.3 Å². The molecule has 1 heterocycles. The molecule has 0 amide bonds. The Morgan fingerprint density at radius 3 is 2.46 bits per heavy atom. The molecule has 2 aromatic carbocycles. The summed E-state index contributed by atoms with van der Waals surface area (Å²) < 4.78 is 28.8. The van der Waals surface area contributed by atoms with Gasteiger partial charge in [-0.15, -0.1) is 11.3 Å². The number of benzene rings is 2. The summed E-state index contributed by atoms with van der Waals surface area (Å²) >= 11 is 7.14. The normalized spacial score (nSPS) is 11.6. The first kappa shape index (κ1) is 16.8. The SMILES string of the molecule is Cc1c(S(=O)(=O)Nc2ccc(C(=O)O)cc2)sc2ccc(Cl)cc12. The highest BCUT2D eigenvalue weighted by Crippen LogP contribution is 2.36. The Labute approximate surface area is 147 Å². The zero-order valence-electron chi connectivity index (χ0n) is 12.4. The van der Waals surface area contributed by atoms with Crippen LogP contribution in [0.15, 0.2) is 46.7 Å². The summed E-state index contributed by atoms with van der Waals surface area (Å²) in [6, 6.07) is 10.8. The van der Waals surface area contributed by atoms with Crippen molar-refractivity contribution in [2.75, 3.05) is 4.72 Å². The third-order valence-electron chi connectivity index (χ3n) is 3.48. The predicted octanol–water partition coefficient (Wildman–Crippen LogP) is 4.36. The number of fused-ring (bicyclic) bond motifs is 1. The van der Waals surface area contributed by atoms with Crippen molar-refractivity contribution in [3.8, 4) is 0 Å². The molecule has 0 spiro atoms. The Hall–Kier alpha value is -2.09. The second-order valence-corrected chi connectivity index (χ2v) is 8.51. The molecular formula is C16H12ClNO4S2. The van der Waals surface area contributed by atoms with E-state index in [1.165, 1.54) is 24.3 Å². The Kier molecular flexibility index (Phi) is 4.25. The number of anilines is 1. The number of sulfonamides is 1. The minimum Gasteiger partial charge on any atom is -0.478 e. The van der Waals surface area contributed by atoms with Crippen molar-refractivity contribution in [1.82, 2.24) is 0 Å². The fourth-order valence-corrected chi connectivity index (χ4v) is 5.29. The van der Waals surface area contributed by atoms with Crippen molar-refractivity contribution in [2.24, 2.45) is 0 Å². The molecule has 0 radical (unpaired) electrons. The molecule has 0 atom stereocenters. The second kappa shape index (κ2) is 6.08. The molecule has 0 aliphatic rings. The summed E-state index contributed by atoms with van der Waals surface area (Å²) in [6.07, 6.45) is 0. The van der Waals surface area contributed by atoms with Gasteiger partial charge in [-0.2, -0.15) is 0 Å². The van der Waals surface area contributed by atoms with Crippen LogP contribution in [0.1, 0.15) is 15.9 Å². The molecule has 0 saturated heterocycles. The minimum atomic E-state index is -3.77. The maximum atomic E-state index is 12.6. The van der Waals surface area contributed by atoms with E-state index in [1.54, 1.807) is 25.1 Å². The quantitative estimate of drug-likeness (QED) is 0.703. The number of hydrogen-bond acceptors (Lipinski definition) is 4. The molecule has 0 unspecified atom stereocenters. The van der Waals surface area contributed by atoms with E-state index in [-0.39, 0.29) is 9.77 Å². The fourth-order valence-electron chi connectivity index (χ4n) is 2.31. The maximum absolute atomic E-state index is 12.6. The molecule has 1 aromatic heterocycles. The molecule has 5 nitrogen and oxygen atoms in total. The third-order valence-corrected chi connectivity index (χ3v) is 6.99. The van der Waals surface area contributed by atoms with Gasteiger partial charge in [-0.3, -0.25) is 4.72 Å². The van der Waals surface area contributed by atoms with Crippen LogP contribution in [0.2, 0.25) is 5.02 Å². The molecule has 3 aromatic rings. The molecule has 3 rings (SSSR count). The molecule has 0 saturated carbocycles. The number of carboxylic acids is 1. The van der Waals surface area contributed by atoms with Crippen molar-refractivity contribution >= 4 is 54.7 Å². The summed E-state index contributed by atoms with van der Waals surface area (Å²) in [4.78, 5) is 10.8. The standard InChI is InChI=1S/C16H12ClNO4S2/c1-9-13-8-11(17)4-7-14(13)23-16(9)24(21,22)18-12-5-2-10(3-6-12)15(19)20/h2-8,18H,1H3,(H,19,20). The van der Waals surface area contributed by atoms with Crippen LogP contribution < -0.4 is 4.72 Å². The summed E-state index contributed by atoms with van der Waals surface area (Å²) in [7, 11) is -3.77. The van der Waals surface area contributed by atoms with Crippen LogP contribution >= 0.6 is 22.9 Å². The molecule has 124 valence electrons. The largest absolute Gasteiger partial charge is 0.478 e. The predicted molar refractivity (Wildman–Crippen MR) is 95.8 cm³/mol.